The van der Waals surface area contributed by atoms with Gasteiger partial charge >= 0.3 is 10.1 Å². The van der Waals surface area contributed by atoms with Crippen molar-refractivity contribution in [1.29, 1.82) is 0 Å². The Morgan fingerprint density at radius 1 is 1.00 bits per heavy atom. The molecule has 0 aliphatic carbocycles. The van der Waals surface area contributed by atoms with Crippen LogP contribution in [0, 0.1) is 0 Å². The predicted octanol–water partition coefficient (Wildman–Crippen LogP) is 3.86. The van der Waals surface area contributed by atoms with Gasteiger partial charge in [-0.1, -0.05) is 24.3 Å². The molecular formula is C22H23NO6S. The molecule has 0 saturated heterocycles. The van der Waals surface area contributed by atoms with Crippen molar-refractivity contribution < 1.29 is 26.5 Å². The molecule has 0 radical (unpaired) electrons. The number of ether oxygens (including phenoxy) is 1. The second-order valence-electron chi connectivity index (χ2n) is 6.51. The van der Waals surface area contributed by atoms with Gasteiger partial charge in [-0.15, -0.1) is 0 Å². The minimum Gasteiger partial charge on any atom is -0.496 e. The smallest absolute Gasteiger partial charge is 0.308 e. The van der Waals surface area contributed by atoms with Crippen LogP contribution < -0.4 is 8.92 Å². The zero-order valence-corrected chi connectivity index (χ0v) is 17.6. The molecule has 7 nitrogen and oxygen atoms in total. The van der Waals surface area contributed by atoms with Gasteiger partial charge in [0.25, 0.3) is 5.91 Å². The summed E-state index contributed by atoms with van der Waals surface area (Å²) in [6.07, 6.45) is 1.56. The molecule has 0 fully saturated rings. The third-order valence-corrected chi connectivity index (χ3v) is 5.58. The molecule has 0 saturated carbocycles. The highest BCUT2D eigenvalue weighted by Gasteiger charge is 2.21. The van der Waals surface area contributed by atoms with Crippen molar-refractivity contribution in [1.82, 2.24) is 4.90 Å². The first-order valence-electron chi connectivity index (χ1n) is 9.37. The third-order valence-electron chi connectivity index (χ3n) is 4.42. The molecule has 0 aliphatic heterocycles. The van der Waals surface area contributed by atoms with Crippen molar-refractivity contribution in [2.45, 2.75) is 20.0 Å². The standard InChI is InChI=1S/C22H23NO6S/c1-3-30(25,26)29-18-12-10-17(11-13-18)15-23(16-19-7-6-14-28-19)22(24)20-8-4-5-9-21(20)27-2/h4-14H,3,15-16H2,1-2H3. The zero-order valence-electron chi connectivity index (χ0n) is 16.8. The van der Waals surface area contributed by atoms with Crippen molar-refractivity contribution >= 4 is 16.0 Å². The van der Waals surface area contributed by atoms with E-state index in [1.807, 2.05) is 0 Å². The van der Waals surface area contributed by atoms with Gasteiger partial charge in [0.05, 0.1) is 31.2 Å². The van der Waals surface area contributed by atoms with E-state index in [0.717, 1.165) is 5.56 Å². The van der Waals surface area contributed by atoms with E-state index in [0.29, 0.717) is 23.6 Å². The molecule has 8 heteroatoms. The van der Waals surface area contributed by atoms with Crippen LogP contribution >= 0.6 is 0 Å². The van der Waals surface area contributed by atoms with Gasteiger partial charge < -0.3 is 18.2 Å². The number of para-hydroxylation sites is 1. The molecule has 0 unspecified atom stereocenters. The van der Waals surface area contributed by atoms with Gasteiger partial charge in [0.2, 0.25) is 0 Å². The van der Waals surface area contributed by atoms with E-state index in [1.165, 1.54) is 14.0 Å². The Morgan fingerprint density at radius 2 is 1.73 bits per heavy atom. The lowest BCUT2D eigenvalue weighted by molar-refractivity contribution is 0.0714. The number of benzene rings is 2. The van der Waals surface area contributed by atoms with Crippen molar-refractivity contribution in [3.8, 4) is 11.5 Å². The molecule has 0 spiro atoms. The number of rotatable bonds is 9. The first-order chi connectivity index (χ1) is 14.4. The van der Waals surface area contributed by atoms with Gasteiger partial charge in [-0.2, -0.15) is 8.42 Å². The first kappa shape index (κ1) is 21.4. The first-order valence-corrected chi connectivity index (χ1v) is 11.0. The summed E-state index contributed by atoms with van der Waals surface area (Å²) in [6.45, 7) is 2.07. The number of nitrogens with zero attached hydrogens (tertiary/aromatic N) is 1. The second kappa shape index (κ2) is 9.49. The lowest BCUT2D eigenvalue weighted by Gasteiger charge is -2.23. The maximum Gasteiger partial charge on any atom is 0.308 e. The monoisotopic (exact) mass is 429 g/mol. The predicted molar refractivity (Wildman–Crippen MR) is 112 cm³/mol. The highest BCUT2D eigenvalue weighted by molar-refractivity contribution is 7.87. The summed E-state index contributed by atoms with van der Waals surface area (Å²) in [7, 11) is -2.07. The van der Waals surface area contributed by atoms with Gasteiger partial charge in [-0.05, 0) is 48.9 Å². The Hall–Kier alpha value is -3.26. The van der Waals surface area contributed by atoms with Crippen molar-refractivity contribution in [2.24, 2.45) is 0 Å². The molecule has 3 rings (SSSR count). The lowest BCUT2D eigenvalue weighted by Crippen LogP contribution is -2.30. The molecule has 3 aromatic rings. The van der Waals surface area contributed by atoms with Crippen LogP contribution in [0.3, 0.4) is 0 Å². The van der Waals surface area contributed by atoms with Crippen LogP contribution in [0.15, 0.2) is 71.3 Å². The van der Waals surface area contributed by atoms with Gasteiger partial charge in [0.1, 0.15) is 17.3 Å². The zero-order chi connectivity index (χ0) is 21.6. The summed E-state index contributed by atoms with van der Waals surface area (Å²) in [5, 5.41) is 0. The molecule has 0 atom stereocenters. The number of hydrogen-bond donors (Lipinski definition) is 0. The summed E-state index contributed by atoms with van der Waals surface area (Å²) in [5.74, 6) is 1.04. The SMILES string of the molecule is CCS(=O)(=O)Oc1ccc(CN(Cc2ccco2)C(=O)c2ccccc2OC)cc1. The largest absolute Gasteiger partial charge is 0.496 e. The van der Waals surface area contributed by atoms with Crippen LogP contribution in [0.25, 0.3) is 0 Å². The second-order valence-corrected chi connectivity index (χ2v) is 8.37. The summed E-state index contributed by atoms with van der Waals surface area (Å²) in [5.41, 5.74) is 1.26. The number of hydrogen-bond acceptors (Lipinski definition) is 6. The van der Waals surface area contributed by atoms with Crippen LogP contribution in [0.1, 0.15) is 28.6 Å². The Balaban J connectivity index is 1.83. The fourth-order valence-corrected chi connectivity index (χ4v) is 3.38. The maximum absolute atomic E-state index is 13.2. The minimum absolute atomic E-state index is 0.112. The van der Waals surface area contributed by atoms with Crippen molar-refractivity contribution in [3.63, 3.8) is 0 Å². The fourth-order valence-electron chi connectivity index (χ4n) is 2.86. The summed E-state index contributed by atoms with van der Waals surface area (Å²) < 4.78 is 39.0. The third kappa shape index (κ3) is 5.42. The summed E-state index contributed by atoms with van der Waals surface area (Å²) in [4.78, 5) is 14.9. The van der Waals surface area contributed by atoms with Gasteiger partial charge in [-0.3, -0.25) is 4.79 Å². The molecule has 0 bridgehead atoms. The van der Waals surface area contributed by atoms with E-state index in [1.54, 1.807) is 71.8 Å². The molecule has 30 heavy (non-hydrogen) atoms. The average Bonchev–Trinajstić information content (AvgIpc) is 3.27. The van der Waals surface area contributed by atoms with E-state index in [2.05, 4.69) is 0 Å². The molecule has 1 aromatic heterocycles. The molecule has 158 valence electrons. The maximum atomic E-state index is 13.2. The molecular weight excluding hydrogens is 406 g/mol. The number of furan rings is 1. The summed E-state index contributed by atoms with van der Waals surface area (Å²) >= 11 is 0. The summed E-state index contributed by atoms with van der Waals surface area (Å²) in [6, 6.07) is 17.2. The van der Waals surface area contributed by atoms with Crippen molar-refractivity contribution in [3.05, 3.63) is 83.8 Å². The molecule has 1 heterocycles. The molecule has 2 aromatic carbocycles. The average molecular weight is 429 g/mol. The number of methoxy groups -OCH3 is 1. The number of carbonyl (C=O) groups is 1. The van der Waals surface area contributed by atoms with Crippen molar-refractivity contribution in [2.75, 3.05) is 12.9 Å². The Kier molecular flexibility index (Phi) is 6.79. The van der Waals surface area contributed by atoms with Crippen LogP contribution in [0.5, 0.6) is 11.5 Å². The fraction of sp³-hybridized carbons (Fsp3) is 0.227. The molecule has 1 amide bonds. The number of amides is 1. The van der Waals surface area contributed by atoms with E-state index in [4.69, 9.17) is 13.3 Å². The highest BCUT2D eigenvalue weighted by Crippen LogP contribution is 2.23. The van der Waals surface area contributed by atoms with Crippen LogP contribution in [0.4, 0.5) is 0 Å². The van der Waals surface area contributed by atoms with E-state index >= 15 is 0 Å². The normalized spacial score (nSPS) is 11.1. The van der Waals surface area contributed by atoms with E-state index in [9.17, 15) is 13.2 Å². The van der Waals surface area contributed by atoms with Gasteiger partial charge in [0.15, 0.2) is 0 Å². The van der Waals surface area contributed by atoms with Crippen LogP contribution in [-0.4, -0.2) is 32.1 Å². The van der Waals surface area contributed by atoms with Crippen LogP contribution in [-0.2, 0) is 23.2 Å². The van der Waals surface area contributed by atoms with Crippen LogP contribution in [0.2, 0.25) is 0 Å². The Labute approximate surface area is 176 Å². The lowest BCUT2D eigenvalue weighted by atomic mass is 10.1. The topological polar surface area (TPSA) is 86.1 Å². The minimum atomic E-state index is -3.59. The number of carbonyl (C=O) groups excluding carboxylic acids is 1. The van der Waals surface area contributed by atoms with Gasteiger partial charge in [-0.25, -0.2) is 0 Å². The molecule has 0 aliphatic rings. The molecule has 0 N–H and O–H groups in total. The van der Waals surface area contributed by atoms with Gasteiger partial charge in [0, 0.05) is 6.54 Å². The highest BCUT2D eigenvalue weighted by atomic mass is 32.2. The Bertz CT molecular complexity index is 1080. The Morgan fingerprint density at radius 3 is 2.37 bits per heavy atom. The quantitative estimate of drug-likeness (QED) is 0.480. The van der Waals surface area contributed by atoms with E-state index in [-0.39, 0.29) is 24.0 Å². The van der Waals surface area contributed by atoms with E-state index < -0.39 is 10.1 Å².